The molecule has 1 aromatic carbocycles. The Morgan fingerprint density at radius 3 is 2.53 bits per heavy atom. The van der Waals surface area contributed by atoms with Gasteiger partial charge in [-0.25, -0.2) is 8.78 Å². The molecule has 1 aromatic rings. The van der Waals surface area contributed by atoms with Crippen LogP contribution in [0.2, 0.25) is 0 Å². The first-order chi connectivity index (χ1) is 6.99. The van der Waals surface area contributed by atoms with Crippen molar-refractivity contribution in [2.45, 2.75) is 26.3 Å². The smallest absolute Gasteiger partial charge is 0.173 e. The van der Waals surface area contributed by atoms with Crippen molar-refractivity contribution in [2.24, 2.45) is 11.7 Å². The summed E-state index contributed by atoms with van der Waals surface area (Å²) in [5.41, 5.74) is 6.56. The van der Waals surface area contributed by atoms with Gasteiger partial charge in [0.15, 0.2) is 11.6 Å². The average Bonchev–Trinajstić information content (AvgIpc) is 2.24. The third-order valence-corrected chi connectivity index (χ3v) is 3.49. The minimum absolute atomic E-state index is 0.135. The zero-order valence-corrected chi connectivity index (χ0v) is 10.3. The SMILES string of the molecule is CCC(C)C(N)c1ccc(F)c(F)c1Br. The molecular formula is C11H14BrF2N. The van der Waals surface area contributed by atoms with Crippen LogP contribution in [0, 0.1) is 17.6 Å². The summed E-state index contributed by atoms with van der Waals surface area (Å²) in [4.78, 5) is 0. The molecule has 0 radical (unpaired) electrons. The van der Waals surface area contributed by atoms with E-state index in [9.17, 15) is 8.78 Å². The van der Waals surface area contributed by atoms with E-state index in [2.05, 4.69) is 15.9 Å². The van der Waals surface area contributed by atoms with E-state index in [0.29, 0.717) is 5.56 Å². The lowest BCUT2D eigenvalue weighted by Crippen LogP contribution is -2.19. The van der Waals surface area contributed by atoms with Crippen molar-refractivity contribution in [3.8, 4) is 0 Å². The highest BCUT2D eigenvalue weighted by Gasteiger charge is 2.19. The lowest BCUT2D eigenvalue weighted by molar-refractivity contribution is 0.446. The third kappa shape index (κ3) is 2.55. The Morgan fingerprint density at radius 2 is 2.00 bits per heavy atom. The van der Waals surface area contributed by atoms with Crippen LogP contribution >= 0.6 is 15.9 Å². The van der Waals surface area contributed by atoms with Crippen molar-refractivity contribution >= 4 is 15.9 Å². The predicted octanol–water partition coefficient (Wildman–Crippen LogP) is 3.77. The lowest BCUT2D eigenvalue weighted by atomic mass is 9.93. The molecule has 15 heavy (non-hydrogen) atoms. The highest BCUT2D eigenvalue weighted by Crippen LogP contribution is 2.31. The second-order valence-corrected chi connectivity index (χ2v) is 4.47. The maximum atomic E-state index is 13.2. The fourth-order valence-corrected chi connectivity index (χ4v) is 1.94. The second kappa shape index (κ2) is 5.03. The van der Waals surface area contributed by atoms with Gasteiger partial charge in [0.05, 0.1) is 4.47 Å². The van der Waals surface area contributed by atoms with Crippen LogP contribution in [0.5, 0.6) is 0 Å². The molecule has 0 amide bonds. The average molecular weight is 278 g/mol. The van der Waals surface area contributed by atoms with Crippen LogP contribution in [0.15, 0.2) is 16.6 Å². The Labute approximate surface area is 96.8 Å². The third-order valence-electron chi connectivity index (χ3n) is 2.68. The molecule has 0 aromatic heterocycles. The molecule has 4 heteroatoms. The Hall–Kier alpha value is -0.480. The molecule has 0 aliphatic heterocycles. The normalized spacial score (nSPS) is 15.1. The summed E-state index contributed by atoms with van der Waals surface area (Å²) in [6.45, 7) is 4.00. The van der Waals surface area contributed by atoms with E-state index in [1.54, 1.807) is 0 Å². The summed E-state index contributed by atoms with van der Waals surface area (Å²) < 4.78 is 26.2. The van der Waals surface area contributed by atoms with Crippen LogP contribution in [0.1, 0.15) is 31.9 Å². The molecule has 0 fully saturated rings. The standard InChI is InChI=1S/C11H14BrF2N/c1-3-6(2)11(15)7-4-5-8(13)10(14)9(7)12/h4-6,11H,3,15H2,1-2H3. The number of halogens is 3. The maximum absolute atomic E-state index is 13.2. The molecule has 0 spiro atoms. The van der Waals surface area contributed by atoms with Gasteiger partial charge in [-0.3, -0.25) is 0 Å². The highest BCUT2D eigenvalue weighted by atomic mass is 79.9. The zero-order chi connectivity index (χ0) is 11.6. The molecule has 84 valence electrons. The number of nitrogens with two attached hydrogens (primary N) is 1. The predicted molar refractivity (Wildman–Crippen MR) is 60.4 cm³/mol. The van der Waals surface area contributed by atoms with E-state index >= 15 is 0 Å². The first-order valence-corrected chi connectivity index (χ1v) is 5.67. The van der Waals surface area contributed by atoms with Crippen LogP contribution in [0.4, 0.5) is 8.78 Å². The summed E-state index contributed by atoms with van der Waals surface area (Å²) >= 11 is 3.03. The summed E-state index contributed by atoms with van der Waals surface area (Å²) in [6, 6.07) is 2.36. The molecule has 2 atom stereocenters. The van der Waals surface area contributed by atoms with Crippen molar-refractivity contribution in [3.05, 3.63) is 33.8 Å². The summed E-state index contributed by atoms with van der Waals surface area (Å²) in [7, 11) is 0. The molecule has 0 aliphatic rings. The number of hydrogen-bond acceptors (Lipinski definition) is 1. The van der Waals surface area contributed by atoms with Gasteiger partial charge in [0, 0.05) is 6.04 Å². The number of rotatable bonds is 3. The lowest BCUT2D eigenvalue weighted by Gasteiger charge is -2.20. The van der Waals surface area contributed by atoms with Gasteiger partial charge in [-0.1, -0.05) is 26.3 Å². The molecule has 1 nitrogen and oxygen atoms in total. The van der Waals surface area contributed by atoms with Crippen LogP contribution in [-0.4, -0.2) is 0 Å². The van der Waals surface area contributed by atoms with Gasteiger partial charge in [0.2, 0.25) is 0 Å². The fraction of sp³-hybridized carbons (Fsp3) is 0.455. The van der Waals surface area contributed by atoms with Gasteiger partial charge < -0.3 is 5.73 Å². The summed E-state index contributed by atoms with van der Waals surface area (Å²) in [5.74, 6) is -1.50. The molecule has 0 saturated carbocycles. The molecule has 2 N–H and O–H groups in total. The monoisotopic (exact) mass is 277 g/mol. The molecule has 0 saturated heterocycles. The minimum Gasteiger partial charge on any atom is -0.324 e. The van der Waals surface area contributed by atoms with Crippen molar-refractivity contribution in [1.82, 2.24) is 0 Å². The molecule has 0 bridgehead atoms. The summed E-state index contributed by atoms with van der Waals surface area (Å²) in [6.07, 6.45) is 0.895. The highest BCUT2D eigenvalue weighted by molar-refractivity contribution is 9.10. The van der Waals surface area contributed by atoms with Gasteiger partial charge in [0.25, 0.3) is 0 Å². The quantitative estimate of drug-likeness (QED) is 0.837. The van der Waals surface area contributed by atoms with Gasteiger partial charge >= 0.3 is 0 Å². The van der Waals surface area contributed by atoms with Crippen LogP contribution in [-0.2, 0) is 0 Å². The molecule has 0 aliphatic carbocycles. The topological polar surface area (TPSA) is 26.0 Å². The maximum Gasteiger partial charge on any atom is 0.173 e. The van der Waals surface area contributed by atoms with Gasteiger partial charge in [-0.05, 0) is 33.5 Å². The van der Waals surface area contributed by atoms with Crippen LogP contribution in [0.3, 0.4) is 0 Å². The Bertz CT molecular complexity index is 355. The van der Waals surface area contributed by atoms with Crippen LogP contribution < -0.4 is 5.73 Å². The minimum atomic E-state index is -0.869. The van der Waals surface area contributed by atoms with E-state index in [-0.39, 0.29) is 16.4 Å². The van der Waals surface area contributed by atoms with E-state index < -0.39 is 11.6 Å². The van der Waals surface area contributed by atoms with E-state index in [4.69, 9.17) is 5.73 Å². The number of benzene rings is 1. The molecule has 2 unspecified atom stereocenters. The van der Waals surface area contributed by atoms with Crippen LogP contribution in [0.25, 0.3) is 0 Å². The van der Waals surface area contributed by atoms with Crippen molar-refractivity contribution in [1.29, 1.82) is 0 Å². The Kier molecular flexibility index (Phi) is 4.22. The zero-order valence-electron chi connectivity index (χ0n) is 8.73. The van der Waals surface area contributed by atoms with Gasteiger partial charge in [-0.15, -0.1) is 0 Å². The largest absolute Gasteiger partial charge is 0.324 e. The molecular weight excluding hydrogens is 264 g/mol. The van der Waals surface area contributed by atoms with Crippen molar-refractivity contribution < 1.29 is 8.78 Å². The first kappa shape index (κ1) is 12.6. The fourth-order valence-electron chi connectivity index (χ4n) is 1.36. The molecule has 0 heterocycles. The number of hydrogen-bond donors (Lipinski definition) is 1. The van der Waals surface area contributed by atoms with Crippen molar-refractivity contribution in [2.75, 3.05) is 0 Å². The van der Waals surface area contributed by atoms with E-state index in [1.807, 2.05) is 13.8 Å². The first-order valence-electron chi connectivity index (χ1n) is 4.88. The molecule has 1 rings (SSSR count). The summed E-state index contributed by atoms with van der Waals surface area (Å²) in [5, 5.41) is 0. The van der Waals surface area contributed by atoms with E-state index in [0.717, 1.165) is 12.5 Å². The second-order valence-electron chi connectivity index (χ2n) is 3.68. The Balaban J connectivity index is 3.10. The van der Waals surface area contributed by atoms with E-state index in [1.165, 1.54) is 6.07 Å². The van der Waals surface area contributed by atoms with Gasteiger partial charge in [-0.2, -0.15) is 0 Å². The van der Waals surface area contributed by atoms with Gasteiger partial charge in [0.1, 0.15) is 0 Å². The van der Waals surface area contributed by atoms with Crippen molar-refractivity contribution in [3.63, 3.8) is 0 Å². The Morgan fingerprint density at radius 1 is 1.40 bits per heavy atom.